The monoisotopic (exact) mass is 610 g/mol. The number of hydrogen-bond donors (Lipinski definition) is 3. The predicted octanol–water partition coefficient (Wildman–Crippen LogP) is 6.15. The molecule has 220 valence electrons. The van der Waals surface area contributed by atoms with Gasteiger partial charge in [-0.3, -0.25) is 4.72 Å². The molecule has 1 atom stereocenters. The zero-order valence-electron chi connectivity index (χ0n) is 23.2. The first-order valence-electron chi connectivity index (χ1n) is 13.6. The van der Waals surface area contributed by atoms with Crippen LogP contribution < -0.4 is 14.8 Å². The number of aryl methyl sites for hydroxylation is 1. The molecule has 5 rings (SSSR count). The van der Waals surface area contributed by atoms with Gasteiger partial charge in [0.1, 0.15) is 5.75 Å². The molecule has 11 nitrogen and oxygen atoms in total. The third-order valence-electron chi connectivity index (χ3n) is 6.92. The highest BCUT2D eigenvalue weighted by Gasteiger charge is 2.24. The lowest BCUT2D eigenvalue weighted by molar-refractivity contribution is 0.132. The lowest BCUT2D eigenvalue weighted by Crippen LogP contribution is -2.44. The minimum Gasteiger partial charge on any atom is -0.465 e. The highest BCUT2D eigenvalue weighted by atomic mass is 35.5. The Morgan fingerprint density at radius 1 is 1.19 bits per heavy atom. The first kappa shape index (κ1) is 29.3. The van der Waals surface area contributed by atoms with Crippen LogP contribution in [0.3, 0.4) is 0 Å². The van der Waals surface area contributed by atoms with E-state index in [0.717, 1.165) is 18.4 Å². The standard InChI is InChI=1S/C29H31ClN6O5S/c1-3-14-42(39,40)35-25-8-4-7-22-21(25)10-9-18(2)26(22)41-27-23(15-19(30)16-32-27)24-11-12-31-28(34-24)33-20-6-5-13-36(17-20)29(37)38/h4,7-12,15-16,20,35H,3,5-6,13-14,17H2,1-2H3,(H,37,38)(H,31,33,34)/t20-/m0/s1. The van der Waals surface area contributed by atoms with Gasteiger partial charge < -0.3 is 20.1 Å². The number of carbonyl (C=O) groups is 1. The van der Waals surface area contributed by atoms with Crippen molar-refractivity contribution in [2.24, 2.45) is 0 Å². The van der Waals surface area contributed by atoms with E-state index in [4.69, 9.17) is 16.3 Å². The second-order valence-electron chi connectivity index (χ2n) is 10.1. The van der Waals surface area contributed by atoms with E-state index < -0.39 is 16.1 Å². The molecule has 3 heterocycles. The van der Waals surface area contributed by atoms with Crippen molar-refractivity contribution in [1.29, 1.82) is 0 Å². The zero-order valence-corrected chi connectivity index (χ0v) is 24.7. The average Bonchev–Trinajstić information content (AvgIpc) is 2.95. The molecule has 0 spiro atoms. The molecular weight excluding hydrogens is 580 g/mol. The number of hydrogen-bond acceptors (Lipinski definition) is 8. The van der Waals surface area contributed by atoms with Crippen molar-refractivity contribution >= 4 is 50.1 Å². The fraction of sp³-hybridized carbons (Fsp3) is 0.310. The van der Waals surface area contributed by atoms with Crippen molar-refractivity contribution in [1.82, 2.24) is 19.9 Å². The van der Waals surface area contributed by atoms with Crippen LogP contribution in [0.5, 0.6) is 11.6 Å². The summed E-state index contributed by atoms with van der Waals surface area (Å²) in [6.07, 6.45) is 4.17. The molecule has 0 unspecified atom stereocenters. The number of likely N-dealkylation sites (tertiary alicyclic amines) is 1. The minimum absolute atomic E-state index is 0.0188. The first-order chi connectivity index (χ1) is 20.1. The molecule has 0 radical (unpaired) electrons. The summed E-state index contributed by atoms with van der Waals surface area (Å²) in [6, 6.07) is 12.4. The Labute approximate surface area is 249 Å². The van der Waals surface area contributed by atoms with Crippen LogP contribution >= 0.6 is 11.6 Å². The SMILES string of the molecule is CCCS(=O)(=O)Nc1cccc2c(Oc3ncc(Cl)cc3-c3ccnc(N[C@H]4CCCN(C(=O)O)C4)n3)c(C)ccc12. The minimum atomic E-state index is -3.50. The fourth-order valence-corrected chi connectivity index (χ4v) is 6.28. The number of halogens is 1. The van der Waals surface area contributed by atoms with Crippen molar-refractivity contribution in [3.8, 4) is 22.9 Å². The van der Waals surface area contributed by atoms with Gasteiger partial charge in [-0.15, -0.1) is 0 Å². The van der Waals surface area contributed by atoms with Crippen molar-refractivity contribution in [3.63, 3.8) is 0 Å². The topological polar surface area (TPSA) is 147 Å². The average molecular weight is 611 g/mol. The normalized spacial score (nSPS) is 15.4. The number of anilines is 2. The van der Waals surface area contributed by atoms with Gasteiger partial charge in [0.15, 0.2) is 0 Å². The number of carboxylic acid groups (broad SMARTS) is 1. The van der Waals surface area contributed by atoms with Gasteiger partial charge in [-0.1, -0.05) is 42.8 Å². The molecule has 2 aromatic carbocycles. The molecule has 2 aromatic heterocycles. The maximum atomic E-state index is 12.5. The molecule has 13 heteroatoms. The Bertz CT molecular complexity index is 1740. The maximum absolute atomic E-state index is 12.5. The first-order valence-corrected chi connectivity index (χ1v) is 15.6. The molecule has 42 heavy (non-hydrogen) atoms. The third-order valence-corrected chi connectivity index (χ3v) is 8.60. The van der Waals surface area contributed by atoms with E-state index in [0.29, 0.717) is 63.9 Å². The molecule has 1 aliphatic rings. The van der Waals surface area contributed by atoms with Crippen LogP contribution in [0.4, 0.5) is 16.4 Å². The number of benzene rings is 2. The number of ether oxygens (including phenoxy) is 1. The summed E-state index contributed by atoms with van der Waals surface area (Å²) in [5, 5.41) is 14.4. The largest absolute Gasteiger partial charge is 0.465 e. The summed E-state index contributed by atoms with van der Waals surface area (Å²) in [5.41, 5.74) is 2.32. The van der Waals surface area contributed by atoms with E-state index >= 15 is 0 Å². The van der Waals surface area contributed by atoms with E-state index in [1.165, 1.54) is 11.1 Å². The molecule has 4 aromatic rings. The van der Waals surface area contributed by atoms with Gasteiger partial charge in [-0.2, -0.15) is 0 Å². The summed E-state index contributed by atoms with van der Waals surface area (Å²) in [7, 11) is -3.50. The van der Waals surface area contributed by atoms with Crippen molar-refractivity contribution in [2.75, 3.05) is 28.9 Å². The van der Waals surface area contributed by atoms with Crippen LogP contribution in [-0.2, 0) is 10.0 Å². The van der Waals surface area contributed by atoms with Crippen LogP contribution in [0, 0.1) is 6.92 Å². The maximum Gasteiger partial charge on any atom is 0.407 e. The van der Waals surface area contributed by atoms with Crippen LogP contribution in [-0.4, -0.2) is 64.4 Å². The van der Waals surface area contributed by atoms with E-state index in [9.17, 15) is 18.3 Å². The number of nitrogens with one attached hydrogen (secondary N) is 2. The predicted molar refractivity (Wildman–Crippen MR) is 163 cm³/mol. The van der Waals surface area contributed by atoms with Gasteiger partial charge in [0, 0.05) is 42.3 Å². The molecule has 3 N–H and O–H groups in total. The highest BCUT2D eigenvalue weighted by molar-refractivity contribution is 7.92. The Morgan fingerprint density at radius 3 is 2.81 bits per heavy atom. The molecular formula is C29H31ClN6O5S. The van der Waals surface area contributed by atoms with Gasteiger partial charge in [-0.25, -0.2) is 28.2 Å². The fourth-order valence-electron chi connectivity index (χ4n) is 4.97. The lowest BCUT2D eigenvalue weighted by Gasteiger charge is -2.31. The van der Waals surface area contributed by atoms with Crippen molar-refractivity contribution < 1.29 is 23.1 Å². The van der Waals surface area contributed by atoms with Crippen molar-refractivity contribution in [2.45, 2.75) is 39.2 Å². The van der Waals surface area contributed by atoms with Crippen LogP contribution in [0.25, 0.3) is 22.0 Å². The lowest BCUT2D eigenvalue weighted by atomic mass is 10.0. The van der Waals surface area contributed by atoms with Gasteiger partial charge in [0.05, 0.1) is 27.7 Å². The number of sulfonamides is 1. The van der Waals surface area contributed by atoms with Gasteiger partial charge in [0.2, 0.25) is 21.9 Å². The molecule has 0 bridgehead atoms. The molecule has 1 amide bonds. The smallest absolute Gasteiger partial charge is 0.407 e. The number of aromatic nitrogens is 3. The summed E-state index contributed by atoms with van der Waals surface area (Å²) in [4.78, 5) is 26.3. The van der Waals surface area contributed by atoms with Gasteiger partial charge in [0.25, 0.3) is 0 Å². The van der Waals surface area contributed by atoms with Crippen LogP contribution in [0.1, 0.15) is 31.7 Å². The number of pyridine rings is 1. The van der Waals surface area contributed by atoms with E-state index in [-0.39, 0.29) is 17.7 Å². The second-order valence-corrected chi connectivity index (χ2v) is 12.4. The summed E-state index contributed by atoms with van der Waals surface area (Å²) in [6.45, 7) is 4.55. The second kappa shape index (κ2) is 12.4. The Morgan fingerprint density at radius 2 is 2.02 bits per heavy atom. The number of rotatable bonds is 9. The van der Waals surface area contributed by atoms with E-state index in [1.54, 1.807) is 30.5 Å². The summed E-state index contributed by atoms with van der Waals surface area (Å²) >= 11 is 6.34. The molecule has 1 saturated heterocycles. The number of amides is 1. The Kier molecular flexibility index (Phi) is 8.64. The summed E-state index contributed by atoms with van der Waals surface area (Å²) < 4.78 is 34.1. The molecule has 1 fully saturated rings. The number of fused-ring (bicyclic) bond motifs is 1. The Balaban J connectivity index is 1.48. The Hall–Kier alpha value is -4.16. The van der Waals surface area contributed by atoms with Crippen LogP contribution in [0.15, 0.2) is 54.9 Å². The zero-order chi connectivity index (χ0) is 29.9. The number of nitrogens with zero attached hydrogens (tertiary/aromatic N) is 4. The van der Waals surface area contributed by atoms with Crippen molar-refractivity contribution in [3.05, 3.63) is 65.4 Å². The van der Waals surface area contributed by atoms with E-state index in [2.05, 4.69) is 25.0 Å². The van der Waals surface area contributed by atoms with E-state index in [1.807, 2.05) is 32.0 Å². The summed E-state index contributed by atoms with van der Waals surface area (Å²) in [5.74, 6) is 1.14. The molecule has 1 aliphatic heterocycles. The van der Waals surface area contributed by atoms with Crippen LogP contribution in [0.2, 0.25) is 5.02 Å². The molecule has 0 saturated carbocycles. The third kappa shape index (κ3) is 6.66. The highest BCUT2D eigenvalue weighted by Crippen LogP contribution is 2.39. The van der Waals surface area contributed by atoms with Gasteiger partial charge >= 0.3 is 6.09 Å². The molecule has 0 aliphatic carbocycles. The quantitative estimate of drug-likeness (QED) is 0.203. The van der Waals surface area contributed by atoms with Gasteiger partial charge in [-0.05, 0) is 49.9 Å². The number of piperidine rings is 1.